The molecular weight excluding hydrogens is 244 g/mol. The molecule has 0 spiro atoms. The van der Waals surface area contributed by atoms with E-state index >= 15 is 0 Å². The summed E-state index contributed by atoms with van der Waals surface area (Å²) < 4.78 is 0. The molecular formula is C18H30Si. The van der Waals surface area contributed by atoms with Gasteiger partial charge in [-0.25, -0.2) is 0 Å². The van der Waals surface area contributed by atoms with Crippen molar-refractivity contribution in [1.29, 1.82) is 0 Å². The molecule has 1 aromatic carbocycles. The summed E-state index contributed by atoms with van der Waals surface area (Å²) in [5, 5.41) is 1.53. The Balaban J connectivity index is 1.79. The summed E-state index contributed by atoms with van der Waals surface area (Å²) in [6.45, 7) is 2.29. The molecule has 0 atom stereocenters. The Bertz CT molecular complexity index is 281. The molecule has 0 unspecified atom stereocenters. The Morgan fingerprint density at radius 3 is 1.79 bits per heavy atom. The molecule has 0 bridgehead atoms. The lowest BCUT2D eigenvalue weighted by atomic mass is 10.1. The quantitative estimate of drug-likeness (QED) is 0.356. The number of rotatable bonds is 12. The first-order chi connectivity index (χ1) is 9.43. The van der Waals surface area contributed by atoms with Gasteiger partial charge in [-0.05, 0) is 0 Å². The van der Waals surface area contributed by atoms with E-state index in [9.17, 15) is 0 Å². The second-order valence-electron chi connectivity index (χ2n) is 5.47. The van der Waals surface area contributed by atoms with Gasteiger partial charge < -0.3 is 0 Å². The van der Waals surface area contributed by atoms with Gasteiger partial charge >= 0.3 is 0 Å². The van der Waals surface area contributed by atoms with Gasteiger partial charge in [0.1, 0.15) is 0 Å². The van der Waals surface area contributed by atoms with Crippen molar-refractivity contribution in [3.63, 3.8) is 0 Å². The van der Waals surface area contributed by atoms with Crippen LogP contribution in [-0.4, -0.2) is 9.52 Å². The Morgan fingerprint density at radius 1 is 0.684 bits per heavy atom. The second-order valence-corrected chi connectivity index (χ2v) is 6.91. The number of hydrogen-bond acceptors (Lipinski definition) is 0. The summed E-state index contributed by atoms with van der Waals surface area (Å²) in [6.07, 6.45) is 14.4. The van der Waals surface area contributed by atoms with E-state index in [4.69, 9.17) is 0 Å². The molecule has 0 saturated carbocycles. The van der Waals surface area contributed by atoms with Crippen molar-refractivity contribution in [2.24, 2.45) is 0 Å². The van der Waals surface area contributed by atoms with E-state index in [-0.39, 0.29) is 0 Å². The normalized spacial score (nSPS) is 10.8. The highest BCUT2D eigenvalue weighted by Crippen LogP contribution is 2.11. The minimum Gasteiger partial charge on any atom is -0.0654 e. The second kappa shape index (κ2) is 12.5. The van der Waals surface area contributed by atoms with Crippen molar-refractivity contribution in [3.05, 3.63) is 30.3 Å². The zero-order valence-corrected chi connectivity index (χ0v) is 13.7. The number of hydrogen-bond donors (Lipinski definition) is 0. The SMILES string of the molecule is CCCCCCCCCCCC[Si]c1ccccc1. The third kappa shape index (κ3) is 9.95. The van der Waals surface area contributed by atoms with Gasteiger partial charge in [-0.15, -0.1) is 0 Å². The maximum Gasteiger partial charge on any atom is 0.0807 e. The molecule has 0 heterocycles. The smallest absolute Gasteiger partial charge is 0.0654 e. The maximum absolute atomic E-state index is 2.29. The molecule has 0 fully saturated rings. The Kier molecular flexibility index (Phi) is 10.8. The van der Waals surface area contributed by atoms with Crippen LogP contribution >= 0.6 is 0 Å². The number of unbranched alkanes of at least 4 members (excludes halogenated alkanes) is 9. The largest absolute Gasteiger partial charge is 0.0807 e. The summed E-state index contributed by atoms with van der Waals surface area (Å²) in [5.41, 5.74) is 0. The van der Waals surface area contributed by atoms with E-state index in [1.54, 1.807) is 0 Å². The van der Waals surface area contributed by atoms with Crippen molar-refractivity contribution in [3.8, 4) is 0 Å². The first kappa shape index (κ1) is 16.5. The Hall–Kier alpha value is -0.563. The van der Waals surface area contributed by atoms with E-state index in [2.05, 4.69) is 37.3 Å². The molecule has 0 amide bonds. The molecule has 106 valence electrons. The summed E-state index contributed by atoms with van der Waals surface area (Å²) in [4.78, 5) is 0. The monoisotopic (exact) mass is 274 g/mol. The zero-order valence-electron chi connectivity index (χ0n) is 12.7. The van der Waals surface area contributed by atoms with Gasteiger partial charge in [0.05, 0.1) is 9.52 Å². The van der Waals surface area contributed by atoms with Gasteiger partial charge in [0, 0.05) is 0 Å². The topological polar surface area (TPSA) is 0 Å². The molecule has 0 aliphatic heterocycles. The molecule has 2 radical (unpaired) electrons. The maximum atomic E-state index is 2.29. The molecule has 19 heavy (non-hydrogen) atoms. The van der Waals surface area contributed by atoms with Crippen LogP contribution < -0.4 is 5.19 Å². The van der Waals surface area contributed by atoms with Crippen LogP contribution in [0, 0.1) is 0 Å². The van der Waals surface area contributed by atoms with Crippen LogP contribution in [0.4, 0.5) is 0 Å². The fourth-order valence-electron chi connectivity index (χ4n) is 2.40. The van der Waals surface area contributed by atoms with E-state index < -0.39 is 0 Å². The van der Waals surface area contributed by atoms with Crippen LogP contribution in [0.1, 0.15) is 71.1 Å². The molecule has 0 aliphatic carbocycles. The zero-order chi connectivity index (χ0) is 13.6. The highest BCUT2D eigenvalue weighted by atomic mass is 28.2. The summed E-state index contributed by atoms with van der Waals surface area (Å²) >= 11 is 0. The average molecular weight is 275 g/mol. The van der Waals surface area contributed by atoms with E-state index in [1.165, 1.54) is 75.4 Å². The van der Waals surface area contributed by atoms with Gasteiger partial charge in [0.15, 0.2) is 0 Å². The Labute approximate surface area is 122 Å². The predicted molar refractivity (Wildman–Crippen MR) is 88.5 cm³/mol. The summed E-state index contributed by atoms with van der Waals surface area (Å²) in [5.74, 6) is 0. The van der Waals surface area contributed by atoms with E-state index in [0.717, 1.165) is 9.52 Å². The van der Waals surface area contributed by atoms with Gasteiger partial charge in [0.25, 0.3) is 0 Å². The molecule has 1 rings (SSSR count). The van der Waals surface area contributed by atoms with Gasteiger partial charge in [-0.2, -0.15) is 0 Å². The lowest BCUT2D eigenvalue weighted by Gasteiger charge is -2.02. The van der Waals surface area contributed by atoms with Gasteiger partial charge in [-0.1, -0.05) is 113 Å². The van der Waals surface area contributed by atoms with Crippen molar-refractivity contribution in [2.75, 3.05) is 0 Å². The van der Waals surface area contributed by atoms with Crippen LogP contribution in [0.25, 0.3) is 0 Å². The van der Waals surface area contributed by atoms with E-state index in [0.29, 0.717) is 0 Å². The first-order valence-corrected chi connectivity index (χ1v) is 9.43. The van der Waals surface area contributed by atoms with Crippen LogP contribution in [-0.2, 0) is 0 Å². The predicted octanol–water partition coefficient (Wildman–Crippen LogP) is 5.36. The van der Waals surface area contributed by atoms with Crippen LogP contribution in [0.5, 0.6) is 0 Å². The van der Waals surface area contributed by atoms with Crippen molar-refractivity contribution < 1.29 is 0 Å². The molecule has 0 N–H and O–H groups in total. The molecule has 1 heteroatoms. The molecule has 0 aromatic heterocycles. The van der Waals surface area contributed by atoms with Crippen LogP contribution in [0.2, 0.25) is 6.04 Å². The Morgan fingerprint density at radius 2 is 1.21 bits per heavy atom. The lowest BCUT2D eigenvalue weighted by Crippen LogP contribution is -2.12. The average Bonchev–Trinajstić information content (AvgIpc) is 2.46. The molecule has 0 nitrogen and oxygen atoms in total. The highest BCUT2D eigenvalue weighted by Gasteiger charge is 1.95. The minimum absolute atomic E-state index is 1.02. The van der Waals surface area contributed by atoms with E-state index in [1.807, 2.05) is 0 Å². The van der Waals surface area contributed by atoms with Crippen LogP contribution in [0.3, 0.4) is 0 Å². The molecule has 1 aromatic rings. The fourth-order valence-corrected chi connectivity index (χ4v) is 3.54. The summed E-state index contributed by atoms with van der Waals surface area (Å²) in [6, 6.07) is 12.3. The van der Waals surface area contributed by atoms with Crippen molar-refractivity contribution in [1.82, 2.24) is 0 Å². The third-order valence-corrected chi connectivity index (χ3v) is 4.98. The molecule has 0 saturated heterocycles. The minimum atomic E-state index is 1.02. The fraction of sp³-hybridized carbons (Fsp3) is 0.667. The van der Waals surface area contributed by atoms with Crippen LogP contribution in [0.15, 0.2) is 30.3 Å². The lowest BCUT2D eigenvalue weighted by molar-refractivity contribution is 0.562. The number of benzene rings is 1. The standard InChI is InChI=1S/C18H30Si/c1-2-3-4-5-6-7-8-9-10-14-17-19-18-15-12-11-13-16-18/h11-13,15-16H,2-10,14,17H2,1H3. The van der Waals surface area contributed by atoms with Gasteiger partial charge in [0.2, 0.25) is 0 Å². The molecule has 0 aliphatic rings. The van der Waals surface area contributed by atoms with Crippen molar-refractivity contribution >= 4 is 14.7 Å². The third-order valence-electron chi connectivity index (χ3n) is 3.63. The van der Waals surface area contributed by atoms with Crippen molar-refractivity contribution in [2.45, 2.75) is 77.2 Å². The highest BCUT2D eigenvalue weighted by molar-refractivity contribution is 6.53. The summed E-state index contributed by atoms with van der Waals surface area (Å²) in [7, 11) is 1.02. The van der Waals surface area contributed by atoms with Gasteiger partial charge in [-0.3, -0.25) is 0 Å². The first-order valence-electron chi connectivity index (χ1n) is 8.22.